The van der Waals surface area contributed by atoms with E-state index in [1.165, 1.54) is 5.56 Å². The molecule has 0 heterocycles. The normalized spacial score (nSPS) is 11.4. The molecule has 2 aromatic rings. The number of benzene rings is 2. The van der Waals surface area contributed by atoms with Crippen LogP contribution in [0.25, 0.3) is 0 Å². The van der Waals surface area contributed by atoms with E-state index >= 15 is 0 Å². The fraction of sp³-hybridized carbons (Fsp3) is 0.294. The summed E-state index contributed by atoms with van der Waals surface area (Å²) >= 11 is 0. The molecule has 2 rings (SSSR count). The highest BCUT2D eigenvalue weighted by molar-refractivity contribution is 7.88. The van der Waals surface area contributed by atoms with Gasteiger partial charge in [-0.05, 0) is 31.0 Å². The van der Waals surface area contributed by atoms with Crippen LogP contribution in [0.3, 0.4) is 0 Å². The van der Waals surface area contributed by atoms with Crippen molar-refractivity contribution in [2.24, 2.45) is 0 Å². The minimum Gasteiger partial charge on any atom is -0.492 e. The van der Waals surface area contributed by atoms with E-state index in [0.717, 1.165) is 16.9 Å². The third-order valence-corrected chi connectivity index (χ3v) is 4.57. The standard InChI is InChI=1S/C17H21NO3S/c1-14-8-9-17(15(2)12-14)21-11-10-18-22(19,20)13-16-6-4-3-5-7-16/h3-9,12,18H,10-11,13H2,1-2H3. The fourth-order valence-corrected chi connectivity index (χ4v) is 3.29. The summed E-state index contributed by atoms with van der Waals surface area (Å²) in [6, 6.07) is 15.0. The lowest BCUT2D eigenvalue weighted by molar-refractivity contribution is 0.320. The number of sulfonamides is 1. The Labute approximate surface area is 132 Å². The highest BCUT2D eigenvalue weighted by atomic mass is 32.2. The predicted molar refractivity (Wildman–Crippen MR) is 88.5 cm³/mol. The zero-order valence-corrected chi connectivity index (χ0v) is 13.7. The second kappa shape index (κ2) is 7.42. The maximum atomic E-state index is 12.0. The number of ether oxygens (including phenoxy) is 1. The van der Waals surface area contributed by atoms with Crippen molar-refractivity contribution in [2.75, 3.05) is 13.2 Å². The largest absolute Gasteiger partial charge is 0.492 e. The van der Waals surface area contributed by atoms with Crippen LogP contribution in [0.5, 0.6) is 5.75 Å². The summed E-state index contributed by atoms with van der Waals surface area (Å²) < 4.78 is 32.1. The summed E-state index contributed by atoms with van der Waals surface area (Å²) in [7, 11) is -3.34. The van der Waals surface area contributed by atoms with E-state index in [1.807, 2.05) is 50.2 Å². The Hall–Kier alpha value is -1.85. The molecular formula is C17H21NO3S. The molecule has 0 saturated heterocycles. The van der Waals surface area contributed by atoms with Gasteiger partial charge in [-0.3, -0.25) is 0 Å². The van der Waals surface area contributed by atoms with Crippen LogP contribution in [0.4, 0.5) is 0 Å². The van der Waals surface area contributed by atoms with Crippen molar-refractivity contribution in [3.63, 3.8) is 0 Å². The molecule has 0 fully saturated rings. The zero-order chi connectivity index (χ0) is 16.0. The lowest BCUT2D eigenvalue weighted by Crippen LogP contribution is -2.29. The van der Waals surface area contributed by atoms with Crippen LogP contribution in [0.1, 0.15) is 16.7 Å². The van der Waals surface area contributed by atoms with E-state index in [2.05, 4.69) is 4.72 Å². The molecule has 0 radical (unpaired) electrons. The topological polar surface area (TPSA) is 55.4 Å². The van der Waals surface area contributed by atoms with Crippen molar-refractivity contribution in [2.45, 2.75) is 19.6 Å². The maximum Gasteiger partial charge on any atom is 0.215 e. The van der Waals surface area contributed by atoms with Crippen molar-refractivity contribution in [1.29, 1.82) is 0 Å². The summed E-state index contributed by atoms with van der Waals surface area (Å²) in [5.41, 5.74) is 2.99. The van der Waals surface area contributed by atoms with Gasteiger partial charge in [0.25, 0.3) is 0 Å². The molecule has 5 heteroatoms. The van der Waals surface area contributed by atoms with E-state index in [1.54, 1.807) is 12.1 Å². The van der Waals surface area contributed by atoms with Gasteiger partial charge in [-0.15, -0.1) is 0 Å². The van der Waals surface area contributed by atoms with Crippen molar-refractivity contribution in [3.8, 4) is 5.75 Å². The maximum absolute atomic E-state index is 12.0. The second-order valence-corrected chi connectivity index (χ2v) is 7.06. The molecule has 0 aliphatic heterocycles. The van der Waals surface area contributed by atoms with Crippen LogP contribution in [0.2, 0.25) is 0 Å². The molecule has 0 unspecified atom stereocenters. The molecule has 0 saturated carbocycles. The van der Waals surface area contributed by atoms with E-state index < -0.39 is 10.0 Å². The molecule has 0 aliphatic rings. The van der Waals surface area contributed by atoms with Crippen molar-refractivity contribution < 1.29 is 13.2 Å². The highest BCUT2D eigenvalue weighted by Gasteiger charge is 2.10. The average Bonchev–Trinajstić information content (AvgIpc) is 2.46. The van der Waals surface area contributed by atoms with Gasteiger partial charge in [0.15, 0.2) is 0 Å². The quantitative estimate of drug-likeness (QED) is 0.799. The first kappa shape index (κ1) is 16.5. The molecule has 0 atom stereocenters. The third kappa shape index (κ3) is 5.16. The highest BCUT2D eigenvalue weighted by Crippen LogP contribution is 2.18. The SMILES string of the molecule is Cc1ccc(OCCNS(=O)(=O)Cc2ccccc2)c(C)c1. The Morgan fingerprint density at radius 3 is 2.45 bits per heavy atom. The van der Waals surface area contributed by atoms with Crippen LogP contribution >= 0.6 is 0 Å². The van der Waals surface area contributed by atoms with Gasteiger partial charge in [-0.2, -0.15) is 0 Å². The summed E-state index contributed by atoms with van der Waals surface area (Å²) in [4.78, 5) is 0. The van der Waals surface area contributed by atoms with Gasteiger partial charge in [-0.1, -0.05) is 48.0 Å². The Balaban J connectivity index is 1.80. The molecule has 0 amide bonds. The number of hydrogen-bond donors (Lipinski definition) is 1. The smallest absolute Gasteiger partial charge is 0.215 e. The van der Waals surface area contributed by atoms with Gasteiger partial charge < -0.3 is 4.74 Å². The fourth-order valence-electron chi connectivity index (χ4n) is 2.16. The van der Waals surface area contributed by atoms with E-state index in [0.29, 0.717) is 6.61 Å². The number of rotatable bonds is 7. The van der Waals surface area contributed by atoms with E-state index in [-0.39, 0.29) is 12.3 Å². The van der Waals surface area contributed by atoms with Gasteiger partial charge in [0.1, 0.15) is 12.4 Å². The number of aryl methyl sites for hydroxylation is 2. The van der Waals surface area contributed by atoms with Gasteiger partial charge in [0.2, 0.25) is 10.0 Å². The van der Waals surface area contributed by atoms with E-state index in [9.17, 15) is 8.42 Å². The van der Waals surface area contributed by atoms with Crippen LogP contribution in [-0.4, -0.2) is 21.6 Å². The first-order chi connectivity index (χ1) is 10.5. The van der Waals surface area contributed by atoms with Crippen molar-refractivity contribution in [1.82, 2.24) is 4.72 Å². The molecule has 22 heavy (non-hydrogen) atoms. The summed E-state index contributed by atoms with van der Waals surface area (Å²) in [6.07, 6.45) is 0. The average molecular weight is 319 g/mol. The molecule has 0 bridgehead atoms. The summed E-state index contributed by atoms with van der Waals surface area (Å²) in [5.74, 6) is 0.769. The monoisotopic (exact) mass is 319 g/mol. The Kier molecular flexibility index (Phi) is 5.57. The van der Waals surface area contributed by atoms with Gasteiger partial charge >= 0.3 is 0 Å². The van der Waals surface area contributed by atoms with Gasteiger partial charge in [-0.25, -0.2) is 13.1 Å². The first-order valence-corrected chi connectivity index (χ1v) is 8.83. The van der Waals surface area contributed by atoms with Crippen LogP contribution < -0.4 is 9.46 Å². The number of nitrogens with one attached hydrogen (secondary N) is 1. The summed E-state index contributed by atoms with van der Waals surface area (Å²) in [5, 5.41) is 0. The van der Waals surface area contributed by atoms with Gasteiger partial charge in [0.05, 0.1) is 5.75 Å². The molecule has 0 spiro atoms. The van der Waals surface area contributed by atoms with E-state index in [4.69, 9.17) is 4.74 Å². The Morgan fingerprint density at radius 1 is 1.05 bits per heavy atom. The third-order valence-electron chi connectivity index (χ3n) is 3.21. The second-order valence-electron chi connectivity index (χ2n) is 5.26. The molecule has 0 aromatic heterocycles. The Morgan fingerprint density at radius 2 is 1.77 bits per heavy atom. The summed E-state index contributed by atoms with van der Waals surface area (Å²) in [6.45, 7) is 4.55. The predicted octanol–water partition coefficient (Wildman–Crippen LogP) is 2.80. The minimum absolute atomic E-state index is 0.0165. The van der Waals surface area contributed by atoms with Crippen LogP contribution in [0, 0.1) is 13.8 Å². The van der Waals surface area contributed by atoms with Crippen LogP contribution in [-0.2, 0) is 15.8 Å². The molecule has 4 nitrogen and oxygen atoms in total. The number of hydrogen-bond acceptors (Lipinski definition) is 3. The zero-order valence-electron chi connectivity index (χ0n) is 12.9. The molecule has 118 valence electrons. The van der Waals surface area contributed by atoms with Crippen LogP contribution in [0.15, 0.2) is 48.5 Å². The molecule has 2 aromatic carbocycles. The first-order valence-electron chi connectivity index (χ1n) is 7.17. The molecule has 1 N–H and O–H groups in total. The molecular weight excluding hydrogens is 298 g/mol. The van der Waals surface area contributed by atoms with Crippen molar-refractivity contribution in [3.05, 3.63) is 65.2 Å². The van der Waals surface area contributed by atoms with Crippen molar-refractivity contribution >= 4 is 10.0 Å². The Bertz CT molecular complexity index is 712. The molecule has 0 aliphatic carbocycles. The lowest BCUT2D eigenvalue weighted by atomic mass is 10.1. The van der Waals surface area contributed by atoms with Gasteiger partial charge in [0, 0.05) is 6.54 Å². The minimum atomic E-state index is -3.34. The lowest BCUT2D eigenvalue weighted by Gasteiger charge is -2.11.